The molecule has 0 fully saturated rings. The average Bonchev–Trinajstić information content (AvgIpc) is 3.20. The second-order valence-corrected chi connectivity index (χ2v) is 15.7. The molecule has 0 saturated carbocycles. The van der Waals surface area contributed by atoms with Gasteiger partial charge in [-0.1, -0.05) is 124 Å². The Kier molecular flexibility index (Phi) is 38.8. The summed E-state index contributed by atoms with van der Waals surface area (Å²) in [5.74, 6) is -1.08. The van der Waals surface area contributed by atoms with Crippen molar-refractivity contribution in [2.45, 2.75) is 167 Å². The molecule has 0 heterocycles. The summed E-state index contributed by atoms with van der Waals surface area (Å²) in [6.45, 7) is 1.77. The predicted octanol–water partition coefficient (Wildman–Crippen LogP) is 10.4. The lowest BCUT2D eigenvalue weighted by atomic mass is 10.1. The van der Waals surface area contributed by atoms with E-state index in [1.54, 1.807) is 0 Å². The van der Waals surface area contributed by atoms with E-state index >= 15 is 0 Å². The zero-order valence-electron chi connectivity index (χ0n) is 35.6. The molecule has 0 amide bonds. The number of allylic oxidation sites excluding steroid dienone is 14. The van der Waals surface area contributed by atoms with Gasteiger partial charge < -0.3 is 29.7 Å². The first kappa shape index (κ1) is 55.1. The molecule has 4 atom stereocenters. The summed E-state index contributed by atoms with van der Waals surface area (Å²) in [6, 6.07) is 0. The number of hydrogen-bond donors (Lipinski definition) is 4. The van der Waals surface area contributed by atoms with Crippen LogP contribution in [0.4, 0.5) is 0 Å². The number of unbranched alkanes of at least 4 members (excludes halogenated alkanes) is 9. The van der Waals surface area contributed by atoms with Crippen LogP contribution >= 0.6 is 7.82 Å². The zero-order chi connectivity index (χ0) is 42.8. The van der Waals surface area contributed by atoms with Gasteiger partial charge in [-0.3, -0.25) is 18.6 Å². The number of carbonyl (C=O) groups is 2. The third kappa shape index (κ3) is 41.3. The SMILES string of the molecule is CCCCCCCC/C=C\C/C=C\C/C=C\CCCC(=O)O[C@H](COC(=O)CCC/C=C\C/C=C\C/C=C\C/C=C\CCC[C@@H](C)O)COP(=O)(O)OC[C@@H](O)CO. The van der Waals surface area contributed by atoms with Crippen molar-refractivity contribution in [3.05, 3.63) is 85.1 Å². The normalized spacial score (nSPS) is 15.2. The minimum absolute atomic E-state index is 0.0899. The number of phosphoric acid groups is 1. The van der Waals surface area contributed by atoms with Gasteiger partial charge in [0.2, 0.25) is 0 Å². The summed E-state index contributed by atoms with van der Waals surface area (Å²) in [4.78, 5) is 34.9. The van der Waals surface area contributed by atoms with E-state index < -0.39 is 51.8 Å². The van der Waals surface area contributed by atoms with Crippen molar-refractivity contribution in [1.29, 1.82) is 0 Å². The minimum atomic E-state index is -4.66. The van der Waals surface area contributed by atoms with Gasteiger partial charge in [-0.2, -0.15) is 0 Å². The van der Waals surface area contributed by atoms with Crippen LogP contribution in [0.1, 0.15) is 149 Å². The molecule has 1 unspecified atom stereocenters. The van der Waals surface area contributed by atoms with E-state index in [2.05, 4.69) is 72.2 Å². The molecule has 0 spiro atoms. The average molecular weight is 837 g/mol. The van der Waals surface area contributed by atoms with Gasteiger partial charge >= 0.3 is 19.8 Å². The van der Waals surface area contributed by atoms with E-state index in [0.717, 1.165) is 57.8 Å². The summed E-state index contributed by atoms with van der Waals surface area (Å²) >= 11 is 0. The number of phosphoric ester groups is 1. The number of carbonyl (C=O) groups excluding carboxylic acids is 2. The van der Waals surface area contributed by atoms with E-state index in [1.807, 2.05) is 31.2 Å². The highest BCUT2D eigenvalue weighted by molar-refractivity contribution is 7.47. The summed E-state index contributed by atoms with van der Waals surface area (Å²) < 4.78 is 32.6. The van der Waals surface area contributed by atoms with Gasteiger partial charge in [0.1, 0.15) is 12.7 Å². The Bertz CT molecular complexity index is 1250. The summed E-state index contributed by atoms with van der Waals surface area (Å²) in [7, 11) is -4.66. The van der Waals surface area contributed by atoms with Crippen LogP contribution in [0, 0.1) is 0 Å². The molecule has 0 bridgehead atoms. The van der Waals surface area contributed by atoms with Crippen LogP contribution < -0.4 is 0 Å². The molecule has 12 heteroatoms. The third-order valence-electron chi connectivity index (χ3n) is 8.54. The maximum atomic E-state index is 12.6. The van der Waals surface area contributed by atoms with Crippen LogP contribution in [0.25, 0.3) is 0 Å². The monoisotopic (exact) mass is 837 g/mol. The standard InChI is InChI=1S/C46H77O11P/c1-3-4-5-6-7-8-9-10-11-12-15-19-22-25-28-31-34-37-46(51)57-44(41-56-58(52,53)55-39-43(49)38-47)40-54-45(50)36-33-30-27-24-21-18-16-13-14-17-20-23-26-29-32-35-42(2)48/h10-11,14-19,23-28,42-44,47-49H,3-9,12-13,20-22,29-41H2,1-2H3,(H,52,53)/b11-10-,17-14-,18-16-,19-15-,26-23-,27-24-,28-25-/t42-,43+,44-/m1/s1. The van der Waals surface area contributed by atoms with Crippen molar-refractivity contribution >= 4 is 19.8 Å². The summed E-state index contributed by atoms with van der Waals surface area (Å²) in [6.07, 6.45) is 45.5. The van der Waals surface area contributed by atoms with Crippen LogP contribution in [0.5, 0.6) is 0 Å². The highest BCUT2D eigenvalue weighted by Crippen LogP contribution is 2.43. The number of esters is 2. The maximum absolute atomic E-state index is 12.6. The Morgan fingerprint density at radius 2 is 1.00 bits per heavy atom. The van der Waals surface area contributed by atoms with Crippen LogP contribution in [0.15, 0.2) is 85.1 Å². The van der Waals surface area contributed by atoms with Crippen LogP contribution in [-0.2, 0) is 32.7 Å². The molecule has 4 N–H and O–H groups in total. The van der Waals surface area contributed by atoms with Crippen molar-refractivity contribution < 1.29 is 52.9 Å². The van der Waals surface area contributed by atoms with E-state index in [4.69, 9.17) is 19.1 Å². The van der Waals surface area contributed by atoms with Crippen LogP contribution in [0.3, 0.4) is 0 Å². The van der Waals surface area contributed by atoms with Crippen LogP contribution in [-0.4, -0.2) is 76.9 Å². The van der Waals surface area contributed by atoms with Gasteiger partial charge in [0.05, 0.1) is 25.9 Å². The largest absolute Gasteiger partial charge is 0.472 e. The van der Waals surface area contributed by atoms with Gasteiger partial charge in [-0.15, -0.1) is 0 Å². The van der Waals surface area contributed by atoms with Gasteiger partial charge in [-0.25, -0.2) is 4.57 Å². The van der Waals surface area contributed by atoms with E-state index in [1.165, 1.54) is 38.5 Å². The van der Waals surface area contributed by atoms with Crippen molar-refractivity contribution in [1.82, 2.24) is 0 Å². The van der Waals surface area contributed by atoms with Gasteiger partial charge in [0.25, 0.3) is 0 Å². The fourth-order valence-corrected chi connectivity index (χ4v) is 5.98. The first-order valence-electron chi connectivity index (χ1n) is 21.6. The highest BCUT2D eigenvalue weighted by atomic mass is 31.2. The maximum Gasteiger partial charge on any atom is 0.472 e. The Morgan fingerprint density at radius 3 is 1.50 bits per heavy atom. The number of hydrogen-bond acceptors (Lipinski definition) is 10. The first-order chi connectivity index (χ1) is 28.1. The quantitative estimate of drug-likeness (QED) is 0.0201. The van der Waals surface area contributed by atoms with Crippen molar-refractivity contribution in [2.75, 3.05) is 26.4 Å². The Hall–Kier alpha value is -2.89. The van der Waals surface area contributed by atoms with E-state index in [0.29, 0.717) is 25.7 Å². The van der Waals surface area contributed by atoms with Crippen molar-refractivity contribution in [3.63, 3.8) is 0 Å². The van der Waals surface area contributed by atoms with E-state index in [9.17, 15) is 29.3 Å². The van der Waals surface area contributed by atoms with E-state index in [-0.39, 0.29) is 25.6 Å². The fraction of sp³-hybridized carbons (Fsp3) is 0.652. The lowest BCUT2D eigenvalue weighted by Crippen LogP contribution is -2.29. The topological polar surface area (TPSA) is 169 Å². The lowest BCUT2D eigenvalue weighted by molar-refractivity contribution is -0.161. The molecule has 58 heavy (non-hydrogen) atoms. The molecule has 0 radical (unpaired) electrons. The molecular weight excluding hydrogens is 759 g/mol. The van der Waals surface area contributed by atoms with Crippen LogP contribution in [0.2, 0.25) is 0 Å². The molecule has 0 saturated heterocycles. The molecule has 0 aromatic rings. The molecule has 0 aromatic carbocycles. The zero-order valence-corrected chi connectivity index (χ0v) is 36.5. The fourth-order valence-electron chi connectivity index (χ4n) is 5.20. The second kappa shape index (κ2) is 40.9. The lowest BCUT2D eigenvalue weighted by Gasteiger charge is -2.20. The predicted molar refractivity (Wildman–Crippen MR) is 234 cm³/mol. The Labute approximate surface area is 350 Å². The molecule has 0 aliphatic rings. The number of ether oxygens (including phenoxy) is 2. The van der Waals surface area contributed by atoms with Crippen molar-refractivity contribution in [3.8, 4) is 0 Å². The Balaban J connectivity index is 4.50. The van der Waals surface area contributed by atoms with Crippen molar-refractivity contribution in [2.24, 2.45) is 0 Å². The molecule has 0 aliphatic heterocycles. The molecule has 0 rings (SSSR count). The molecule has 332 valence electrons. The molecule has 11 nitrogen and oxygen atoms in total. The summed E-state index contributed by atoms with van der Waals surface area (Å²) in [5, 5.41) is 27.6. The Morgan fingerprint density at radius 1 is 0.569 bits per heavy atom. The van der Waals surface area contributed by atoms with Gasteiger partial charge in [0, 0.05) is 12.8 Å². The molecule has 0 aliphatic carbocycles. The third-order valence-corrected chi connectivity index (χ3v) is 9.49. The molecule has 0 aromatic heterocycles. The molecular formula is C46H77O11P. The number of rotatable bonds is 39. The van der Waals surface area contributed by atoms with Gasteiger partial charge in [0.15, 0.2) is 6.10 Å². The number of aliphatic hydroxyl groups is 3. The number of aliphatic hydroxyl groups excluding tert-OH is 3. The first-order valence-corrected chi connectivity index (χ1v) is 23.1. The van der Waals surface area contributed by atoms with Gasteiger partial charge in [-0.05, 0) is 96.8 Å². The minimum Gasteiger partial charge on any atom is -0.462 e. The highest BCUT2D eigenvalue weighted by Gasteiger charge is 2.27. The smallest absolute Gasteiger partial charge is 0.462 e. The summed E-state index contributed by atoms with van der Waals surface area (Å²) in [5.41, 5.74) is 0. The second-order valence-electron chi connectivity index (χ2n) is 14.3.